The molecular formula is C22H18ClNO2. The number of rotatable bonds is 5. The predicted octanol–water partition coefficient (Wildman–Crippen LogP) is 5.73. The van der Waals surface area contributed by atoms with E-state index in [1.165, 1.54) is 0 Å². The predicted molar refractivity (Wildman–Crippen MR) is 107 cm³/mol. The summed E-state index contributed by atoms with van der Waals surface area (Å²) in [5.41, 5.74) is 2.43. The van der Waals surface area contributed by atoms with Gasteiger partial charge in [0, 0.05) is 22.9 Å². The van der Waals surface area contributed by atoms with Crippen molar-refractivity contribution in [3.8, 4) is 5.75 Å². The number of nitrogens with zero attached hydrogens (tertiary/aromatic N) is 1. The molecule has 1 amide bonds. The highest BCUT2D eigenvalue weighted by molar-refractivity contribution is 6.30. The zero-order chi connectivity index (χ0) is 18.4. The second-order valence-electron chi connectivity index (χ2n) is 5.60. The first kappa shape index (κ1) is 17.8. The average molecular weight is 364 g/mol. The number of halogens is 1. The number of amides is 1. The third-order valence-electron chi connectivity index (χ3n) is 3.83. The molecule has 3 nitrogen and oxygen atoms in total. The maximum Gasteiger partial charge on any atom is 0.255 e. The Kier molecular flexibility index (Phi) is 5.72. The molecule has 4 heteroatoms. The summed E-state index contributed by atoms with van der Waals surface area (Å²) in [6.07, 6.45) is 3.32. The molecule has 0 N–H and O–H groups in total. The van der Waals surface area contributed by atoms with Crippen LogP contribution >= 0.6 is 11.6 Å². The van der Waals surface area contributed by atoms with E-state index in [1.54, 1.807) is 36.3 Å². The van der Waals surface area contributed by atoms with Crippen molar-refractivity contribution in [1.29, 1.82) is 0 Å². The summed E-state index contributed by atoms with van der Waals surface area (Å²) in [4.78, 5) is 14.6. The van der Waals surface area contributed by atoms with Crippen molar-refractivity contribution in [1.82, 2.24) is 0 Å². The Morgan fingerprint density at radius 3 is 2.31 bits per heavy atom. The third kappa shape index (κ3) is 4.32. The summed E-state index contributed by atoms with van der Waals surface area (Å²) in [5, 5.41) is 0.663. The molecule has 0 aliphatic heterocycles. The van der Waals surface area contributed by atoms with E-state index in [4.69, 9.17) is 16.3 Å². The van der Waals surface area contributed by atoms with E-state index in [1.807, 2.05) is 66.7 Å². The Morgan fingerprint density at radius 1 is 0.923 bits per heavy atom. The number of para-hydroxylation sites is 1. The van der Waals surface area contributed by atoms with Gasteiger partial charge in [-0.15, -0.1) is 0 Å². The fourth-order valence-electron chi connectivity index (χ4n) is 2.55. The first-order valence-electron chi connectivity index (χ1n) is 8.14. The molecular weight excluding hydrogens is 346 g/mol. The SMILES string of the molecule is COc1cccc(N(C(=O)/C=C/c2ccc(Cl)cc2)c2ccccc2)c1. The van der Waals surface area contributed by atoms with Crippen molar-refractivity contribution in [2.45, 2.75) is 0 Å². The largest absolute Gasteiger partial charge is 0.497 e. The molecule has 0 saturated carbocycles. The van der Waals surface area contributed by atoms with E-state index in [9.17, 15) is 4.79 Å². The maximum absolute atomic E-state index is 13.0. The highest BCUT2D eigenvalue weighted by atomic mass is 35.5. The molecule has 0 spiro atoms. The first-order valence-corrected chi connectivity index (χ1v) is 8.52. The summed E-state index contributed by atoms with van der Waals surface area (Å²) >= 11 is 5.90. The smallest absolute Gasteiger partial charge is 0.255 e. The number of carbonyl (C=O) groups is 1. The lowest BCUT2D eigenvalue weighted by atomic mass is 10.2. The van der Waals surface area contributed by atoms with Gasteiger partial charge in [0.05, 0.1) is 12.8 Å². The van der Waals surface area contributed by atoms with Crippen molar-refractivity contribution in [3.05, 3.63) is 95.5 Å². The van der Waals surface area contributed by atoms with Gasteiger partial charge in [0.25, 0.3) is 5.91 Å². The molecule has 3 aromatic rings. The molecule has 0 atom stereocenters. The van der Waals surface area contributed by atoms with Crippen LogP contribution in [-0.4, -0.2) is 13.0 Å². The summed E-state index contributed by atoms with van der Waals surface area (Å²) < 4.78 is 5.29. The lowest BCUT2D eigenvalue weighted by Gasteiger charge is -2.22. The van der Waals surface area contributed by atoms with E-state index >= 15 is 0 Å². The molecule has 130 valence electrons. The molecule has 0 saturated heterocycles. The Morgan fingerprint density at radius 2 is 1.62 bits per heavy atom. The normalized spacial score (nSPS) is 10.7. The molecule has 26 heavy (non-hydrogen) atoms. The van der Waals surface area contributed by atoms with Gasteiger partial charge < -0.3 is 4.74 Å². The molecule has 3 aromatic carbocycles. The summed E-state index contributed by atoms with van der Waals surface area (Å²) in [7, 11) is 1.61. The zero-order valence-electron chi connectivity index (χ0n) is 14.3. The minimum absolute atomic E-state index is 0.153. The fourth-order valence-corrected chi connectivity index (χ4v) is 2.67. The van der Waals surface area contributed by atoms with E-state index < -0.39 is 0 Å². The van der Waals surface area contributed by atoms with E-state index in [0.717, 1.165) is 16.9 Å². The van der Waals surface area contributed by atoms with Crippen molar-refractivity contribution in [2.75, 3.05) is 12.0 Å². The molecule has 0 aliphatic rings. The van der Waals surface area contributed by atoms with Gasteiger partial charge in [0.15, 0.2) is 0 Å². The second kappa shape index (κ2) is 8.37. The van der Waals surface area contributed by atoms with Crippen LogP contribution in [0.3, 0.4) is 0 Å². The van der Waals surface area contributed by atoms with Crippen LogP contribution in [0.2, 0.25) is 5.02 Å². The van der Waals surface area contributed by atoms with E-state index in [0.29, 0.717) is 10.8 Å². The average Bonchev–Trinajstić information content (AvgIpc) is 2.69. The van der Waals surface area contributed by atoms with Gasteiger partial charge in [-0.25, -0.2) is 0 Å². The Bertz CT molecular complexity index is 905. The molecule has 0 fully saturated rings. The van der Waals surface area contributed by atoms with Crippen LogP contribution in [0.25, 0.3) is 6.08 Å². The van der Waals surface area contributed by atoms with Crippen LogP contribution in [0.4, 0.5) is 11.4 Å². The number of carbonyl (C=O) groups excluding carboxylic acids is 1. The molecule has 0 unspecified atom stereocenters. The number of benzene rings is 3. The van der Waals surface area contributed by atoms with Crippen LogP contribution < -0.4 is 9.64 Å². The minimum Gasteiger partial charge on any atom is -0.497 e. The number of hydrogen-bond acceptors (Lipinski definition) is 2. The van der Waals surface area contributed by atoms with Gasteiger partial charge in [-0.1, -0.05) is 48.0 Å². The Labute approximate surface area is 158 Å². The number of methoxy groups -OCH3 is 1. The summed E-state index contributed by atoms with van der Waals surface area (Å²) in [5.74, 6) is 0.539. The monoisotopic (exact) mass is 363 g/mol. The quantitative estimate of drug-likeness (QED) is 0.542. The number of anilines is 2. The first-order chi connectivity index (χ1) is 12.7. The van der Waals surface area contributed by atoms with Gasteiger partial charge in [-0.2, -0.15) is 0 Å². The van der Waals surface area contributed by atoms with E-state index in [2.05, 4.69) is 0 Å². The van der Waals surface area contributed by atoms with Crippen LogP contribution in [0.5, 0.6) is 5.75 Å². The number of ether oxygens (including phenoxy) is 1. The summed E-state index contributed by atoms with van der Waals surface area (Å²) in [6.45, 7) is 0. The zero-order valence-corrected chi connectivity index (χ0v) is 15.1. The molecule has 0 aromatic heterocycles. The maximum atomic E-state index is 13.0. The molecule has 0 aliphatic carbocycles. The van der Waals surface area contributed by atoms with Crippen molar-refractivity contribution in [3.63, 3.8) is 0 Å². The lowest BCUT2D eigenvalue weighted by molar-refractivity contribution is -0.113. The second-order valence-corrected chi connectivity index (χ2v) is 6.03. The van der Waals surface area contributed by atoms with Gasteiger partial charge in [0.2, 0.25) is 0 Å². The standard InChI is InChI=1S/C22H18ClNO2/c1-26-21-9-5-8-20(16-21)24(19-6-3-2-4-7-19)22(25)15-12-17-10-13-18(23)14-11-17/h2-16H,1H3/b15-12+. The highest BCUT2D eigenvalue weighted by Gasteiger charge is 2.16. The van der Waals surface area contributed by atoms with Gasteiger partial charge in [-0.05, 0) is 48.0 Å². The molecule has 3 rings (SSSR count). The number of hydrogen-bond donors (Lipinski definition) is 0. The third-order valence-corrected chi connectivity index (χ3v) is 4.09. The topological polar surface area (TPSA) is 29.5 Å². The molecule has 0 bridgehead atoms. The van der Waals surface area contributed by atoms with E-state index in [-0.39, 0.29) is 5.91 Å². The fraction of sp³-hybridized carbons (Fsp3) is 0.0455. The van der Waals surface area contributed by atoms with Crippen molar-refractivity contribution in [2.24, 2.45) is 0 Å². The Balaban J connectivity index is 1.94. The Hall–Kier alpha value is -3.04. The highest BCUT2D eigenvalue weighted by Crippen LogP contribution is 2.28. The van der Waals surface area contributed by atoms with Crippen LogP contribution in [0.1, 0.15) is 5.56 Å². The van der Waals surface area contributed by atoms with Crippen molar-refractivity contribution < 1.29 is 9.53 Å². The van der Waals surface area contributed by atoms with Gasteiger partial charge in [0.1, 0.15) is 5.75 Å². The van der Waals surface area contributed by atoms with Crippen LogP contribution in [0, 0.1) is 0 Å². The van der Waals surface area contributed by atoms with Crippen LogP contribution in [-0.2, 0) is 4.79 Å². The van der Waals surface area contributed by atoms with Crippen molar-refractivity contribution >= 4 is 35.0 Å². The molecule has 0 radical (unpaired) electrons. The molecule has 0 heterocycles. The van der Waals surface area contributed by atoms with Gasteiger partial charge >= 0.3 is 0 Å². The van der Waals surface area contributed by atoms with Gasteiger partial charge in [-0.3, -0.25) is 9.69 Å². The lowest BCUT2D eigenvalue weighted by Crippen LogP contribution is -2.23. The van der Waals surface area contributed by atoms with Crippen LogP contribution in [0.15, 0.2) is 84.9 Å². The minimum atomic E-state index is -0.153. The summed E-state index contributed by atoms with van der Waals surface area (Å²) in [6, 6.07) is 24.3.